The van der Waals surface area contributed by atoms with Crippen LogP contribution < -0.4 is 0 Å². The topological polar surface area (TPSA) is 47.7 Å². The second-order valence-corrected chi connectivity index (χ2v) is 6.31. The van der Waals surface area contributed by atoms with Gasteiger partial charge in [-0.25, -0.2) is 0 Å². The van der Waals surface area contributed by atoms with Gasteiger partial charge in [-0.1, -0.05) is 0 Å². The number of fused-ring (bicyclic) bond motifs is 1. The third kappa shape index (κ3) is 3.32. The fourth-order valence-corrected chi connectivity index (χ4v) is 3.63. The van der Waals surface area contributed by atoms with Crippen molar-refractivity contribution in [1.29, 1.82) is 0 Å². The molecule has 0 unspecified atom stereocenters. The average Bonchev–Trinajstić information content (AvgIpc) is 3.23. The van der Waals surface area contributed by atoms with Crippen LogP contribution in [-0.2, 0) is 22.6 Å². The predicted molar refractivity (Wildman–Crippen MR) is 84.7 cm³/mol. The maximum absolute atomic E-state index is 6.19. The minimum Gasteiger partial charge on any atom is -0.472 e. The summed E-state index contributed by atoms with van der Waals surface area (Å²) in [6, 6.07) is 6.47. The van der Waals surface area contributed by atoms with Gasteiger partial charge in [0, 0.05) is 43.7 Å². The van der Waals surface area contributed by atoms with E-state index in [1.54, 1.807) is 18.7 Å². The zero-order valence-corrected chi connectivity index (χ0v) is 13.1. The molecule has 0 aromatic carbocycles. The van der Waals surface area contributed by atoms with E-state index in [0.29, 0.717) is 12.6 Å². The third-order valence-electron chi connectivity index (χ3n) is 4.76. The van der Waals surface area contributed by atoms with Gasteiger partial charge in [-0.2, -0.15) is 0 Å². The Bertz CT molecular complexity index is 602. The van der Waals surface area contributed by atoms with Gasteiger partial charge in [-0.05, 0) is 36.6 Å². The molecule has 3 atom stereocenters. The second-order valence-electron chi connectivity index (χ2n) is 6.31. The van der Waals surface area contributed by atoms with Crippen molar-refractivity contribution in [3.8, 4) is 0 Å². The highest BCUT2D eigenvalue weighted by Crippen LogP contribution is 2.32. The maximum Gasteiger partial charge on any atom is 0.100 e. The molecule has 2 aromatic heterocycles. The van der Waals surface area contributed by atoms with Gasteiger partial charge >= 0.3 is 0 Å². The first-order chi connectivity index (χ1) is 11.4. The molecule has 4 rings (SSSR count). The molecule has 2 saturated heterocycles. The van der Waals surface area contributed by atoms with Gasteiger partial charge in [-0.15, -0.1) is 0 Å². The van der Waals surface area contributed by atoms with Crippen LogP contribution in [0.3, 0.4) is 0 Å². The number of hydrogen-bond donors (Lipinski definition) is 0. The highest BCUT2D eigenvalue weighted by atomic mass is 16.5. The normalized spacial score (nSPS) is 27.9. The standard InChI is InChI=1S/C18H22N2O3/c1-2-16-18(22-8-1)17(23-13-14-3-6-19-7-4-14)11-20(16)10-15-5-9-21-12-15/h3-7,9,12,16-18H,1-2,8,10-11,13H2/t16-,17+,18+/m1/s1. The maximum atomic E-state index is 6.19. The van der Waals surface area contributed by atoms with E-state index in [9.17, 15) is 0 Å². The molecule has 2 fully saturated rings. The summed E-state index contributed by atoms with van der Waals surface area (Å²) in [4.78, 5) is 6.53. The SMILES string of the molecule is c1cc(CO[C@H]2CN(Cc3ccoc3)[C@@H]3CCCO[C@H]23)ccn1. The van der Waals surface area contributed by atoms with E-state index in [1.165, 1.54) is 12.0 Å². The Hall–Kier alpha value is -1.69. The van der Waals surface area contributed by atoms with Crippen molar-refractivity contribution in [2.24, 2.45) is 0 Å². The van der Waals surface area contributed by atoms with Gasteiger partial charge in [0.1, 0.15) is 6.10 Å². The molecule has 5 nitrogen and oxygen atoms in total. The summed E-state index contributed by atoms with van der Waals surface area (Å²) >= 11 is 0. The van der Waals surface area contributed by atoms with E-state index in [-0.39, 0.29) is 12.2 Å². The molecule has 0 radical (unpaired) electrons. The number of nitrogens with zero attached hydrogens (tertiary/aromatic N) is 2. The largest absolute Gasteiger partial charge is 0.472 e. The van der Waals surface area contributed by atoms with Crippen LogP contribution in [0.25, 0.3) is 0 Å². The van der Waals surface area contributed by atoms with E-state index >= 15 is 0 Å². The Balaban J connectivity index is 1.42. The van der Waals surface area contributed by atoms with Crippen LogP contribution >= 0.6 is 0 Å². The van der Waals surface area contributed by atoms with Crippen LogP contribution in [0.5, 0.6) is 0 Å². The van der Waals surface area contributed by atoms with Crippen molar-refractivity contribution in [1.82, 2.24) is 9.88 Å². The summed E-state index contributed by atoms with van der Waals surface area (Å²) in [6.07, 6.45) is 9.77. The fourth-order valence-electron chi connectivity index (χ4n) is 3.63. The fraction of sp³-hybridized carbons (Fsp3) is 0.500. The van der Waals surface area contributed by atoms with E-state index in [0.717, 1.165) is 31.7 Å². The van der Waals surface area contributed by atoms with Crippen LogP contribution in [0.2, 0.25) is 0 Å². The molecule has 0 aliphatic carbocycles. The molecule has 2 aromatic rings. The zero-order valence-electron chi connectivity index (χ0n) is 13.1. The molecule has 2 aliphatic heterocycles. The van der Waals surface area contributed by atoms with Crippen molar-refractivity contribution >= 4 is 0 Å². The van der Waals surface area contributed by atoms with Gasteiger partial charge in [0.2, 0.25) is 0 Å². The molecule has 122 valence electrons. The summed E-state index contributed by atoms with van der Waals surface area (Å²) < 4.78 is 17.4. The third-order valence-corrected chi connectivity index (χ3v) is 4.76. The molecule has 5 heteroatoms. The summed E-state index contributed by atoms with van der Waals surface area (Å²) in [5, 5.41) is 0. The lowest BCUT2D eigenvalue weighted by atomic mass is 10.0. The van der Waals surface area contributed by atoms with Gasteiger partial charge in [0.25, 0.3) is 0 Å². The number of ether oxygens (including phenoxy) is 2. The van der Waals surface area contributed by atoms with Crippen LogP contribution in [0.4, 0.5) is 0 Å². The average molecular weight is 314 g/mol. The lowest BCUT2D eigenvalue weighted by Gasteiger charge is -2.32. The molecule has 0 N–H and O–H groups in total. The minimum absolute atomic E-state index is 0.125. The first-order valence-electron chi connectivity index (χ1n) is 8.27. The zero-order chi connectivity index (χ0) is 15.5. The lowest BCUT2D eigenvalue weighted by molar-refractivity contribution is -0.0819. The molecule has 0 bridgehead atoms. The number of furan rings is 1. The molecule has 0 amide bonds. The van der Waals surface area contributed by atoms with Crippen molar-refractivity contribution in [2.75, 3.05) is 13.2 Å². The lowest BCUT2D eigenvalue weighted by Crippen LogP contribution is -2.41. The van der Waals surface area contributed by atoms with E-state index in [4.69, 9.17) is 13.9 Å². The number of aromatic nitrogens is 1. The Morgan fingerprint density at radius 2 is 2.13 bits per heavy atom. The second kappa shape index (κ2) is 6.83. The predicted octanol–water partition coefficient (Wildman–Crippen LogP) is 2.62. The van der Waals surface area contributed by atoms with Crippen LogP contribution in [0.1, 0.15) is 24.0 Å². The summed E-state index contributed by atoms with van der Waals surface area (Å²) in [6.45, 7) is 3.26. The van der Waals surface area contributed by atoms with Gasteiger partial charge in [0.05, 0.1) is 25.2 Å². The number of rotatable bonds is 5. The Morgan fingerprint density at radius 3 is 2.96 bits per heavy atom. The first-order valence-corrected chi connectivity index (χ1v) is 8.27. The van der Waals surface area contributed by atoms with Gasteiger partial charge in [0.15, 0.2) is 0 Å². The summed E-state index contributed by atoms with van der Waals surface area (Å²) in [5.41, 5.74) is 2.37. The number of hydrogen-bond acceptors (Lipinski definition) is 5. The Morgan fingerprint density at radius 1 is 1.22 bits per heavy atom. The Kier molecular flexibility index (Phi) is 4.41. The van der Waals surface area contributed by atoms with E-state index < -0.39 is 0 Å². The van der Waals surface area contributed by atoms with Crippen molar-refractivity contribution in [3.63, 3.8) is 0 Å². The molecule has 4 heterocycles. The van der Waals surface area contributed by atoms with Crippen molar-refractivity contribution in [2.45, 2.75) is 44.2 Å². The highest BCUT2D eigenvalue weighted by Gasteiger charge is 2.44. The van der Waals surface area contributed by atoms with Crippen LogP contribution in [0, 0.1) is 0 Å². The van der Waals surface area contributed by atoms with Crippen molar-refractivity contribution < 1.29 is 13.9 Å². The van der Waals surface area contributed by atoms with Crippen LogP contribution in [-0.4, -0.2) is 41.3 Å². The minimum atomic E-state index is 0.125. The van der Waals surface area contributed by atoms with E-state index in [2.05, 4.69) is 9.88 Å². The smallest absolute Gasteiger partial charge is 0.100 e. The Labute approximate surface area is 136 Å². The van der Waals surface area contributed by atoms with Crippen molar-refractivity contribution in [3.05, 3.63) is 54.2 Å². The summed E-state index contributed by atoms with van der Waals surface area (Å²) in [7, 11) is 0. The monoisotopic (exact) mass is 314 g/mol. The van der Waals surface area contributed by atoms with Crippen LogP contribution in [0.15, 0.2) is 47.5 Å². The molecule has 2 aliphatic rings. The molecular formula is C18H22N2O3. The van der Waals surface area contributed by atoms with Gasteiger partial charge in [-0.3, -0.25) is 9.88 Å². The molecule has 0 spiro atoms. The van der Waals surface area contributed by atoms with E-state index in [1.807, 2.05) is 24.5 Å². The highest BCUT2D eigenvalue weighted by molar-refractivity contribution is 5.10. The quantitative estimate of drug-likeness (QED) is 0.849. The van der Waals surface area contributed by atoms with Gasteiger partial charge < -0.3 is 13.9 Å². The molecular weight excluding hydrogens is 292 g/mol. The molecule has 0 saturated carbocycles. The number of likely N-dealkylation sites (tertiary alicyclic amines) is 1. The number of pyridine rings is 1. The summed E-state index contributed by atoms with van der Waals surface area (Å²) in [5.74, 6) is 0. The first kappa shape index (κ1) is 14.9. The molecule has 23 heavy (non-hydrogen) atoms.